The maximum atomic E-state index is 12.3. The predicted molar refractivity (Wildman–Crippen MR) is 96.8 cm³/mol. The molecule has 3 aromatic rings. The van der Waals surface area contributed by atoms with Crippen molar-refractivity contribution in [2.24, 2.45) is 0 Å². The number of likely N-dealkylation sites (tertiary alicyclic amines) is 1. The molecule has 0 saturated carbocycles. The van der Waals surface area contributed by atoms with E-state index in [9.17, 15) is 4.79 Å². The molecule has 1 amide bonds. The van der Waals surface area contributed by atoms with E-state index >= 15 is 0 Å². The van der Waals surface area contributed by atoms with Crippen LogP contribution in [0.1, 0.15) is 36.0 Å². The van der Waals surface area contributed by atoms with Gasteiger partial charge in [-0.05, 0) is 38.9 Å². The molecule has 1 saturated heterocycles. The summed E-state index contributed by atoms with van der Waals surface area (Å²) in [6, 6.07) is 8.11. The molecule has 7 heteroatoms. The van der Waals surface area contributed by atoms with E-state index < -0.39 is 0 Å². The number of para-hydroxylation sites is 1. The second-order valence-electron chi connectivity index (χ2n) is 6.61. The summed E-state index contributed by atoms with van der Waals surface area (Å²) in [6.45, 7) is 6.76. The average molecular weight is 354 g/mol. The Labute approximate surface area is 151 Å². The van der Waals surface area contributed by atoms with Gasteiger partial charge < -0.3 is 14.3 Å². The van der Waals surface area contributed by atoms with E-state index in [2.05, 4.69) is 27.3 Å². The van der Waals surface area contributed by atoms with Crippen LogP contribution in [-0.2, 0) is 0 Å². The number of nitrogens with one attached hydrogen (secondary N) is 1. The van der Waals surface area contributed by atoms with Crippen molar-refractivity contribution in [3.63, 3.8) is 0 Å². The van der Waals surface area contributed by atoms with E-state index in [0.29, 0.717) is 24.2 Å². The van der Waals surface area contributed by atoms with Crippen molar-refractivity contribution < 1.29 is 13.7 Å². The number of aromatic nitrogens is 2. The Bertz CT molecular complexity index is 930. The molecule has 0 spiro atoms. The highest BCUT2D eigenvalue weighted by Gasteiger charge is 2.25. The number of carbonyl (C=O) groups is 1. The number of fused-ring (bicyclic) bond motifs is 1. The van der Waals surface area contributed by atoms with Gasteiger partial charge in [0.25, 0.3) is 0 Å². The fourth-order valence-electron chi connectivity index (χ4n) is 3.62. The minimum absolute atomic E-state index is 0.0408. The zero-order valence-corrected chi connectivity index (χ0v) is 15.0. The minimum atomic E-state index is -0.347. The Kier molecular flexibility index (Phi) is 4.46. The summed E-state index contributed by atoms with van der Waals surface area (Å²) in [6.07, 6.45) is 2.27. The number of benzene rings is 1. The van der Waals surface area contributed by atoms with Gasteiger partial charge >= 0.3 is 11.8 Å². The highest BCUT2D eigenvalue weighted by atomic mass is 16.5. The first-order valence-corrected chi connectivity index (χ1v) is 9.02. The van der Waals surface area contributed by atoms with Gasteiger partial charge in [-0.15, -0.1) is 0 Å². The number of rotatable bonds is 5. The highest BCUT2D eigenvalue weighted by Crippen LogP contribution is 2.31. The molecule has 1 atom stereocenters. The van der Waals surface area contributed by atoms with Gasteiger partial charge in [0.1, 0.15) is 5.58 Å². The molecule has 0 aliphatic carbocycles. The van der Waals surface area contributed by atoms with Gasteiger partial charge in [0.2, 0.25) is 5.82 Å². The van der Waals surface area contributed by atoms with Crippen LogP contribution < -0.4 is 5.32 Å². The smallest absolute Gasteiger partial charge is 0.316 e. The molecular formula is C19H22N4O3. The SMILES string of the molecule is CCN1CCCC1CNC(=O)c1nc(-c2oc3ccccc3c2C)no1. The van der Waals surface area contributed by atoms with Crippen molar-refractivity contribution in [3.05, 3.63) is 35.7 Å². The second kappa shape index (κ2) is 6.92. The van der Waals surface area contributed by atoms with Crippen LogP contribution in [0, 0.1) is 6.92 Å². The molecule has 1 unspecified atom stereocenters. The lowest BCUT2D eigenvalue weighted by molar-refractivity contribution is 0.0897. The third kappa shape index (κ3) is 2.99. The summed E-state index contributed by atoms with van der Waals surface area (Å²) in [5, 5.41) is 7.83. The number of amides is 1. The summed E-state index contributed by atoms with van der Waals surface area (Å²) in [4.78, 5) is 18.9. The van der Waals surface area contributed by atoms with Gasteiger partial charge in [0.05, 0.1) is 0 Å². The molecule has 1 aromatic carbocycles. The molecule has 1 aliphatic heterocycles. The van der Waals surface area contributed by atoms with E-state index in [4.69, 9.17) is 8.94 Å². The molecule has 1 N–H and O–H groups in total. The maximum absolute atomic E-state index is 12.3. The van der Waals surface area contributed by atoms with Gasteiger partial charge in [-0.25, -0.2) is 0 Å². The van der Waals surface area contributed by atoms with Gasteiger partial charge in [-0.1, -0.05) is 30.3 Å². The fraction of sp³-hybridized carbons (Fsp3) is 0.421. The largest absolute Gasteiger partial charge is 0.452 e. The minimum Gasteiger partial charge on any atom is -0.452 e. The lowest BCUT2D eigenvalue weighted by Gasteiger charge is -2.22. The first-order chi connectivity index (χ1) is 12.7. The van der Waals surface area contributed by atoms with Gasteiger partial charge in [-0.2, -0.15) is 4.98 Å². The van der Waals surface area contributed by atoms with E-state index in [1.807, 2.05) is 31.2 Å². The van der Waals surface area contributed by atoms with Crippen LogP contribution in [0.25, 0.3) is 22.6 Å². The third-order valence-electron chi connectivity index (χ3n) is 5.07. The number of carbonyl (C=O) groups excluding carboxylic acids is 1. The number of hydrogen-bond acceptors (Lipinski definition) is 6. The lowest BCUT2D eigenvalue weighted by Crippen LogP contribution is -2.40. The first-order valence-electron chi connectivity index (χ1n) is 9.02. The Hall–Kier alpha value is -2.67. The monoisotopic (exact) mass is 354 g/mol. The molecule has 7 nitrogen and oxygen atoms in total. The number of furan rings is 1. The molecule has 4 rings (SSSR count). The highest BCUT2D eigenvalue weighted by molar-refractivity contribution is 5.90. The van der Waals surface area contributed by atoms with Crippen molar-refractivity contribution in [2.75, 3.05) is 19.6 Å². The van der Waals surface area contributed by atoms with Gasteiger partial charge in [0.15, 0.2) is 5.76 Å². The third-order valence-corrected chi connectivity index (χ3v) is 5.07. The number of likely N-dealkylation sites (N-methyl/N-ethyl adjacent to an activating group) is 1. The Morgan fingerprint density at radius 3 is 3.04 bits per heavy atom. The Morgan fingerprint density at radius 1 is 1.38 bits per heavy atom. The van der Waals surface area contributed by atoms with Crippen LogP contribution in [0.5, 0.6) is 0 Å². The summed E-state index contributed by atoms with van der Waals surface area (Å²) in [5.41, 5.74) is 1.69. The quantitative estimate of drug-likeness (QED) is 0.758. The van der Waals surface area contributed by atoms with Crippen LogP contribution in [0.2, 0.25) is 0 Å². The topological polar surface area (TPSA) is 84.4 Å². The van der Waals surface area contributed by atoms with Crippen molar-refractivity contribution in [1.82, 2.24) is 20.4 Å². The van der Waals surface area contributed by atoms with E-state index in [1.165, 1.54) is 6.42 Å². The molecule has 1 fully saturated rings. The molecule has 26 heavy (non-hydrogen) atoms. The molecule has 1 aliphatic rings. The summed E-state index contributed by atoms with van der Waals surface area (Å²) in [5.74, 6) is 0.434. The van der Waals surface area contributed by atoms with Gasteiger partial charge in [0, 0.05) is 23.5 Å². The number of hydrogen-bond donors (Lipinski definition) is 1. The van der Waals surface area contributed by atoms with Gasteiger partial charge in [-0.3, -0.25) is 9.69 Å². The van der Waals surface area contributed by atoms with Crippen LogP contribution in [-0.4, -0.2) is 46.6 Å². The molecule has 2 aromatic heterocycles. The molecule has 136 valence electrons. The molecular weight excluding hydrogens is 332 g/mol. The number of aryl methyl sites for hydroxylation is 1. The standard InChI is InChI=1S/C19H22N4O3/c1-3-23-10-6-7-13(23)11-20-18(24)19-21-17(22-26-19)16-12(2)14-8-4-5-9-15(14)25-16/h4-5,8-9,13H,3,6-7,10-11H2,1-2H3,(H,20,24). The summed E-state index contributed by atoms with van der Waals surface area (Å²) >= 11 is 0. The average Bonchev–Trinajstić information content (AvgIpc) is 3.38. The van der Waals surface area contributed by atoms with Crippen molar-refractivity contribution in [2.45, 2.75) is 32.7 Å². The van der Waals surface area contributed by atoms with Crippen LogP contribution in [0.15, 0.2) is 33.2 Å². The van der Waals surface area contributed by atoms with Crippen molar-refractivity contribution in [3.8, 4) is 11.6 Å². The Morgan fingerprint density at radius 2 is 2.23 bits per heavy atom. The number of nitrogens with zero attached hydrogens (tertiary/aromatic N) is 3. The lowest BCUT2D eigenvalue weighted by atomic mass is 10.1. The van der Waals surface area contributed by atoms with Crippen molar-refractivity contribution in [1.29, 1.82) is 0 Å². The van der Waals surface area contributed by atoms with E-state index in [0.717, 1.165) is 36.0 Å². The summed E-state index contributed by atoms with van der Waals surface area (Å²) < 4.78 is 11.0. The van der Waals surface area contributed by atoms with Crippen molar-refractivity contribution >= 4 is 16.9 Å². The zero-order chi connectivity index (χ0) is 18.1. The second-order valence-corrected chi connectivity index (χ2v) is 6.61. The molecule has 0 bridgehead atoms. The Balaban J connectivity index is 1.48. The van der Waals surface area contributed by atoms with E-state index in [1.54, 1.807) is 0 Å². The van der Waals surface area contributed by atoms with Crippen LogP contribution in [0.4, 0.5) is 0 Å². The fourth-order valence-corrected chi connectivity index (χ4v) is 3.62. The molecule has 0 radical (unpaired) electrons. The summed E-state index contributed by atoms with van der Waals surface area (Å²) in [7, 11) is 0. The van der Waals surface area contributed by atoms with Crippen LogP contribution in [0.3, 0.4) is 0 Å². The normalized spacial score (nSPS) is 17.8. The first kappa shape index (κ1) is 16.8. The zero-order valence-electron chi connectivity index (χ0n) is 15.0. The molecule has 3 heterocycles. The maximum Gasteiger partial charge on any atom is 0.316 e. The van der Waals surface area contributed by atoms with Crippen LogP contribution >= 0.6 is 0 Å². The van der Waals surface area contributed by atoms with E-state index in [-0.39, 0.29) is 11.8 Å². The predicted octanol–water partition coefficient (Wildman–Crippen LogP) is 3.01.